The van der Waals surface area contributed by atoms with E-state index in [9.17, 15) is 4.79 Å². The van der Waals surface area contributed by atoms with E-state index in [0.29, 0.717) is 19.5 Å². The first-order valence-electron chi connectivity index (χ1n) is 11.2. The number of hydrogen-bond donors (Lipinski definition) is 1. The molecule has 2 aliphatic rings. The summed E-state index contributed by atoms with van der Waals surface area (Å²) in [5.74, 6) is 1.23. The molecular formula is C23H33IN6O2. The number of guanidine groups is 1. The highest BCUT2D eigenvalue weighted by Gasteiger charge is 2.21. The van der Waals surface area contributed by atoms with Crippen LogP contribution in [0.3, 0.4) is 0 Å². The highest BCUT2D eigenvalue weighted by molar-refractivity contribution is 14.0. The minimum Gasteiger partial charge on any atom is -0.364 e. The first-order valence-corrected chi connectivity index (χ1v) is 11.2. The number of aromatic nitrogens is 1. The molecule has 2 saturated heterocycles. The van der Waals surface area contributed by atoms with Crippen LogP contribution in [0.25, 0.3) is 0 Å². The number of piperazine rings is 1. The fourth-order valence-corrected chi connectivity index (χ4v) is 4.18. The predicted molar refractivity (Wildman–Crippen MR) is 135 cm³/mol. The van der Waals surface area contributed by atoms with Crippen molar-refractivity contribution in [3.05, 3.63) is 53.4 Å². The van der Waals surface area contributed by atoms with E-state index >= 15 is 0 Å². The Balaban J connectivity index is 0.00000289. The summed E-state index contributed by atoms with van der Waals surface area (Å²) in [5, 5.41) is 7.45. The topological polar surface area (TPSA) is 77.2 Å². The molecule has 32 heavy (non-hydrogen) atoms. The third-order valence-corrected chi connectivity index (χ3v) is 5.83. The molecule has 174 valence electrons. The molecule has 0 saturated carbocycles. The van der Waals surface area contributed by atoms with Crippen molar-refractivity contribution >= 4 is 35.8 Å². The molecule has 2 aliphatic heterocycles. The summed E-state index contributed by atoms with van der Waals surface area (Å²) in [6, 6.07) is 10.4. The molecule has 1 aromatic carbocycles. The number of benzene rings is 1. The van der Waals surface area contributed by atoms with Gasteiger partial charge >= 0.3 is 0 Å². The van der Waals surface area contributed by atoms with Gasteiger partial charge in [-0.3, -0.25) is 9.69 Å². The van der Waals surface area contributed by atoms with Gasteiger partial charge in [0.1, 0.15) is 6.26 Å². The number of amides is 1. The smallest absolute Gasteiger partial charge is 0.222 e. The highest BCUT2D eigenvalue weighted by Crippen LogP contribution is 2.16. The van der Waals surface area contributed by atoms with Crippen LogP contribution in [-0.4, -0.2) is 71.0 Å². The zero-order valence-corrected chi connectivity index (χ0v) is 21.0. The van der Waals surface area contributed by atoms with Crippen LogP contribution < -0.4 is 5.32 Å². The number of aliphatic imine (C=N–C) groups is 1. The van der Waals surface area contributed by atoms with Crippen LogP contribution in [0.4, 0.5) is 0 Å². The van der Waals surface area contributed by atoms with Gasteiger partial charge in [0.25, 0.3) is 0 Å². The van der Waals surface area contributed by atoms with E-state index in [-0.39, 0.29) is 29.9 Å². The molecule has 1 N–H and O–H groups in total. The first kappa shape index (κ1) is 24.5. The maximum absolute atomic E-state index is 11.9. The van der Waals surface area contributed by atoms with E-state index in [4.69, 9.17) is 9.52 Å². The lowest BCUT2D eigenvalue weighted by atomic mass is 10.1. The second kappa shape index (κ2) is 12.2. The Hall–Kier alpha value is -2.14. The summed E-state index contributed by atoms with van der Waals surface area (Å²) < 4.78 is 4.94. The lowest BCUT2D eigenvalue weighted by Crippen LogP contribution is -2.52. The van der Waals surface area contributed by atoms with Crippen LogP contribution in [0.2, 0.25) is 0 Å². The SMILES string of the molecule is CCNC(=NCc1cccc(CN2CCCC2=O)c1)N1CCN(Cc2ccon2)CC1.I. The highest BCUT2D eigenvalue weighted by atomic mass is 127. The first-order chi connectivity index (χ1) is 15.2. The van der Waals surface area contributed by atoms with Crippen molar-refractivity contribution in [3.63, 3.8) is 0 Å². The van der Waals surface area contributed by atoms with Gasteiger partial charge in [0.2, 0.25) is 5.91 Å². The van der Waals surface area contributed by atoms with Gasteiger partial charge in [-0.1, -0.05) is 29.4 Å². The minimum atomic E-state index is 0. The van der Waals surface area contributed by atoms with Crippen molar-refractivity contribution in [1.82, 2.24) is 25.2 Å². The molecule has 1 aromatic heterocycles. The molecule has 1 amide bonds. The predicted octanol–water partition coefficient (Wildman–Crippen LogP) is 2.70. The fourth-order valence-electron chi connectivity index (χ4n) is 4.18. The van der Waals surface area contributed by atoms with E-state index in [0.717, 1.165) is 63.9 Å². The molecule has 3 heterocycles. The number of halogens is 1. The molecule has 0 atom stereocenters. The number of carbonyl (C=O) groups excluding carboxylic acids is 1. The van der Waals surface area contributed by atoms with Crippen LogP contribution in [-0.2, 0) is 24.4 Å². The third kappa shape index (κ3) is 6.68. The summed E-state index contributed by atoms with van der Waals surface area (Å²) in [5.41, 5.74) is 3.32. The summed E-state index contributed by atoms with van der Waals surface area (Å²) in [6.07, 6.45) is 3.28. The molecule has 0 bridgehead atoms. The van der Waals surface area contributed by atoms with Crippen molar-refractivity contribution in [2.45, 2.75) is 39.4 Å². The Morgan fingerprint density at radius 2 is 1.94 bits per heavy atom. The van der Waals surface area contributed by atoms with E-state index in [1.165, 1.54) is 11.1 Å². The van der Waals surface area contributed by atoms with Crippen LogP contribution in [0.5, 0.6) is 0 Å². The maximum atomic E-state index is 11.9. The van der Waals surface area contributed by atoms with E-state index in [1.807, 2.05) is 11.0 Å². The average Bonchev–Trinajstić information content (AvgIpc) is 3.44. The second-order valence-corrected chi connectivity index (χ2v) is 8.16. The Kier molecular flexibility index (Phi) is 9.34. The number of nitrogens with zero attached hydrogens (tertiary/aromatic N) is 5. The summed E-state index contributed by atoms with van der Waals surface area (Å²) in [6.45, 7) is 9.76. The fraction of sp³-hybridized carbons (Fsp3) is 0.522. The van der Waals surface area contributed by atoms with Crippen molar-refractivity contribution in [3.8, 4) is 0 Å². The van der Waals surface area contributed by atoms with Gasteiger partial charge in [-0.05, 0) is 24.5 Å². The van der Waals surface area contributed by atoms with Crippen LogP contribution in [0.1, 0.15) is 36.6 Å². The largest absolute Gasteiger partial charge is 0.364 e. The van der Waals surface area contributed by atoms with E-state index in [2.05, 4.69) is 51.5 Å². The Morgan fingerprint density at radius 3 is 2.62 bits per heavy atom. The standard InChI is InChI=1S/C23H32N6O2.HI/c1-2-24-23(28-12-10-27(11-13-28)18-21-8-14-31-26-21)25-16-19-5-3-6-20(15-19)17-29-9-4-7-22(29)30;/h3,5-6,8,14-15H,2,4,7,9-13,16-18H2,1H3,(H,24,25);1H. The summed E-state index contributed by atoms with van der Waals surface area (Å²) in [7, 11) is 0. The van der Waals surface area contributed by atoms with Gasteiger partial charge in [-0.25, -0.2) is 4.99 Å². The second-order valence-electron chi connectivity index (χ2n) is 8.16. The van der Waals surface area contributed by atoms with Gasteiger partial charge in [0, 0.05) is 64.8 Å². The molecule has 2 fully saturated rings. The molecule has 0 radical (unpaired) electrons. The molecule has 8 nitrogen and oxygen atoms in total. The van der Waals surface area contributed by atoms with E-state index in [1.54, 1.807) is 6.26 Å². The lowest BCUT2D eigenvalue weighted by Gasteiger charge is -2.36. The maximum Gasteiger partial charge on any atom is 0.222 e. The Morgan fingerprint density at radius 1 is 1.12 bits per heavy atom. The van der Waals surface area contributed by atoms with Gasteiger partial charge in [-0.15, -0.1) is 24.0 Å². The molecule has 0 unspecified atom stereocenters. The van der Waals surface area contributed by atoms with Crippen molar-refractivity contribution < 1.29 is 9.32 Å². The molecule has 9 heteroatoms. The molecular weight excluding hydrogens is 519 g/mol. The molecule has 4 rings (SSSR count). The summed E-state index contributed by atoms with van der Waals surface area (Å²) >= 11 is 0. The third-order valence-electron chi connectivity index (χ3n) is 5.83. The van der Waals surface area contributed by atoms with Gasteiger partial charge in [0.15, 0.2) is 5.96 Å². The molecule has 2 aromatic rings. The van der Waals surface area contributed by atoms with Crippen molar-refractivity contribution in [1.29, 1.82) is 0 Å². The number of likely N-dealkylation sites (tertiary alicyclic amines) is 1. The number of hydrogen-bond acceptors (Lipinski definition) is 5. The van der Waals surface area contributed by atoms with Crippen LogP contribution >= 0.6 is 24.0 Å². The Bertz CT molecular complexity index is 880. The average molecular weight is 552 g/mol. The zero-order chi connectivity index (χ0) is 21.5. The summed E-state index contributed by atoms with van der Waals surface area (Å²) in [4.78, 5) is 23.5. The van der Waals surface area contributed by atoms with Crippen LogP contribution in [0.15, 0.2) is 46.1 Å². The minimum absolute atomic E-state index is 0. The Labute approximate surface area is 207 Å². The van der Waals surface area contributed by atoms with E-state index < -0.39 is 0 Å². The monoisotopic (exact) mass is 552 g/mol. The molecule has 0 aliphatic carbocycles. The normalized spacial score (nSPS) is 17.5. The zero-order valence-electron chi connectivity index (χ0n) is 18.7. The lowest BCUT2D eigenvalue weighted by molar-refractivity contribution is -0.128. The van der Waals surface area contributed by atoms with Gasteiger partial charge < -0.3 is 19.6 Å². The van der Waals surface area contributed by atoms with Gasteiger partial charge in [-0.2, -0.15) is 0 Å². The number of carbonyl (C=O) groups is 1. The molecule has 0 spiro atoms. The number of nitrogens with one attached hydrogen (secondary N) is 1. The van der Waals surface area contributed by atoms with Crippen molar-refractivity contribution in [2.24, 2.45) is 4.99 Å². The van der Waals surface area contributed by atoms with Gasteiger partial charge in [0.05, 0.1) is 12.2 Å². The number of rotatable bonds is 7. The van der Waals surface area contributed by atoms with Crippen molar-refractivity contribution in [2.75, 3.05) is 39.3 Å². The van der Waals surface area contributed by atoms with Crippen LogP contribution in [0, 0.1) is 0 Å². The quantitative estimate of drug-likeness (QED) is 0.324.